The van der Waals surface area contributed by atoms with Crippen LogP contribution in [0, 0.1) is 0 Å². The molecular formula is C42H53N7O10. The first kappa shape index (κ1) is 45.7. The minimum Gasteiger partial charge on any atom is -0.497 e. The van der Waals surface area contributed by atoms with Crippen LogP contribution in [0.25, 0.3) is 32.3 Å². The number of unbranched alkanes of at least 4 members (excludes halogenated alkanes) is 1. The number of anilines is 1. The van der Waals surface area contributed by atoms with Crippen molar-refractivity contribution in [2.45, 2.75) is 31.7 Å². The third-order valence-corrected chi connectivity index (χ3v) is 8.77. The van der Waals surface area contributed by atoms with Gasteiger partial charge in [0, 0.05) is 42.1 Å². The summed E-state index contributed by atoms with van der Waals surface area (Å²) >= 11 is 0. The highest BCUT2D eigenvalue weighted by Crippen LogP contribution is 2.35. The van der Waals surface area contributed by atoms with E-state index < -0.39 is 17.9 Å². The van der Waals surface area contributed by atoms with Gasteiger partial charge in [-0.25, -0.2) is 4.98 Å². The zero-order valence-corrected chi connectivity index (χ0v) is 33.3. The number of rotatable bonds is 30. The number of aliphatic carboxylic acids is 1. The number of carbonyl (C=O) groups excluding carboxylic acids is 2. The predicted octanol–water partition coefficient (Wildman–Crippen LogP) is 5.70. The molecule has 1 heterocycles. The standard InChI is InChI=1S/C42H53N7O10/c1-54-33-15-17-45-39(28-33)44-16-5-4-8-40(50)46-30-41(51)48-37(29-42(52)53)32-11-9-31(10-12-32)34-13-14-38(36-7-3-2-6-35(34)36)59-27-26-58-25-24-57-23-22-56-21-20-55-19-18-47-49-43/h2-3,6-7,9-15,17,28,37H,4-5,8,16,18-27,29-30H2,1H3,(H,44,45)(H,46,50)(H,48,51)(H,52,53). The lowest BCUT2D eigenvalue weighted by Crippen LogP contribution is -2.39. The van der Waals surface area contributed by atoms with Gasteiger partial charge in [-0.2, -0.15) is 0 Å². The minimum absolute atomic E-state index is 0.244. The maximum Gasteiger partial charge on any atom is 0.305 e. The number of carboxylic acid groups (broad SMARTS) is 1. The van der Waals surface area contributed by atoms with Crippen molar-refractivity contribution in [3.05, 3.63) is 95.0 Å². The van der Waals surface area contributed by atoms with E-state index >= 15 is 0 Å². The van der Waals surface area contributed by atoms with Crippen molar-refractivity contribution in [3.8, 4) is 22.6 Å². The third kappa shape index (κ3) is 17.2. The van der Waals surface area contributed by atoms with E-state index in [4.69, 9.17) is 34.0 Å². The second-order valence-corrected chi connectivity index (χ2v) is 13.0. The van der Waals surface area contributed by atoms with Crippen LogP contribution in [0.4, 0.5) is 5.82 Å². The van der Waals surface area contributed by atoms with Gasteiger partial charge in [0.15, 0.2) is 0 Å². The average molecular weight is 816 g/mol. The predicted molar refractivity (Wildman–Crippen MR) is 221 cm³/mol. The van der Waals surface area contributed by atoms with Crippen LogP contribution in [0.1, 0.15) is 37.3 Å². The number of ether oxygens (including phenoxy) is 6. The maximum atomic E-state index is 12.8. The van der Waals surface area contributed by atoms with Gasteiger partial charge in [-0.15, -0.1) is 0 Å². The molecule has 1 atom stereocenters. The fraction of sp³-hybridized carbons (Fsp3) is 0.429. The van der Waals surface area contributed by atoms with Crippen molar-refractivity contribution in [2.24, 2.45) is 5.11 Å². The smallest absolute Gasteiger partial charge is 0.305 e. The summed E-state index contributed by atoms with van der Waals surface area (Å²) in [5.74, 6) is 0.280. The molecule has 0 spiro atoms. The quantitative estimate of drug-likeness (QED) is 0.0215. The summed E-state index contributed by atoms with van der Waals surface area (Å²) in [4.78, 5) is 43.8. The first-order valence-corrected chi connectivity index (χ1v) is 19.5. The van der Waals surface area contributed by atoms with Gasteiger partial charge in [-0.3, -0.25) is 14.4 Å². The van der Waals surface area contributed by atoms with E-state index in [1.165, 1.54) is 0 Å². The van der Waals surface area contributed by atoms with Gasteiger partial charge < -0.3 is 49.5 Å². The van der Waals surface area contributed by atoms with E-state index in [1.807, 2.05) is 48.5 Å². The number of methoxy groups -OCH3 is 1. The Morgan fingerprint density at radius 3 is 2.17 bits per heavy atom. The molecule has 59 heavy (non-hydrogen) atoms. The number of pyridine rings is 1. The van der Waals surface area contributed by atoms with E-state index in [0.29, 0.717) is 96.1 Å². The summed E-state index contributed by atoms with van der Waals surface area (Å²) in [5.41, 5.74) is 10.7. The van der Waals surface area contributed by atoms with Gasteiger partial charge in [0.25, 0.3) is 0 Å². The van der Waals surface area contributed by atoms with Crippen LogP contribution in [0.3, 0.4) is 0 Å². The topological polar surface area (TPSA) is 225 Å². The van der Waals surface area contributed by atoms with Gasteiger partial charge in [-0.1, -0.05) is 59.7 Å². The lowest BCUT2D eigenvalue weighted by molar-refractivity contribution is -0.138. The molecular weight excluding hydrogens is 763 g/mol. The zero-order valence-electron chi connectivity index (χ0n) is 33.3. The van der Waals surface area contributed by atoms with Crippen LogP contribution in [-0.2, 0) is 33.3 Å². The first-order valence-electron chi connectivity index (χ1n) is 19.5. The maximum absolute atomic E-state index is 12.8. The molecule has 0 fully saturated rings. The average Bonchev–Trinajstić information content (AvgIpc) is 3.25. The Morgan fingerprint density at radius 2 is 1.49 bits per heavy atom. The fourth-order valence-electron chi connectivity index (χ4n) is 5.87. The second-order valence-electron chi connectivity index (χ2n) is 13.0. The summed E-state index contributed by atoms with van der Waals surface area (Å²) in [6.07, 6.45) is 2.89. The molecule has 4 rings (SSSR count). The lowest BCUT2D eigenvalue weighted by atomic mass is 9.95. The van der Waals surface area contributed by atoms with E-state index in [2.05, 4.69) is 31.0 Å². The van der Waals surface area contributed by atoms with Gasteiger partial charge in [0.1, 0.15) is 23.9 Å². The highest BCUT2D eigenvalue weighted by atomic mass is 16.6. The highest BCUT2D eigenvalue weighted by Gasteiger charge is 2.19. The summed E-state index contributed by atoms with van der Waals surface area (Å²) < 4.78 is 33.1. The van der Waals surface area contributed by atoms with Gasteiger partial charge in [0.2, 0.25) is 11.8 Å². The molecule has 17 heteroatoms. The summed E-state index contributed by atoms with van der Waals surface area (Å²) in [5, 5.41) is 23.5. The van der Waals surface area contributed by atoms with Crippen molar-refractivity contribution >= 4 is 34.4 Å². The Morgan fingerprint density at radius 1 is 0.814 bits per heavy atom. The number of nitrogens with zero attached hydrogens (tertiary/aromatic N) is 4. The Hall–Kier alpha value is -5.97. The molecule has 0 aliphatic carbocycles. The number of carbonyl (C=O) groups is 3. The molecule has 0 aliphatic rings. The number of aromatic nitrogens is 1. The third-order valence-electron chi connectivity index (χ3n) is 8.77. The molecule has 17 nitrogen and oxygen atoms in total. The van der Waals surface area contributed by atoms with Gasteiger partial charge in [-0.05, 0) is 52.6 Å². The van der Waals surface area contributed by atoms with Crippen LogP contribution >= 0.6 is 0 Å². The summed E-state index contributed by atoms with van der Waals surface area (Å²) in [6.45, 7) is 4.33. The number of azide groups is 1. The normalized spacial score (nSPS) is 11.3. The van der Waals surface area contributed by atoms with E-state index in [0.717, 1.165) is 34.1 Å². The van der Waals surface area contributed by atoms with Crippen LogP contribution < -0.4 is 25.4 Å². The van der Waals surface area contributed by atoms with Gasteiger partial charge in [0.05, 0.1) is 79.0 Å². The molecule has 316 valence electrons. The lowest BCUT2D eigenvalue weighted by Gasteiger charge is -2.19. The molecule has 0 bridgehead atoms. The first-order chi connectivity index (χ1) is 28.9. The molecule has 0 saturated carbocycles. The molecule has 1 unspecified atom stereocenters. The number of nitrogens with one attached hydrogen (secondary N) is 3. The molecule has 4 N–H and O–H groups in total. The monoisotopic (exact) mass is 815 g/mol. The summed E-state index contributed by atoms with van der Waals surface area (Å²) in [7, 11) is 1.59. The fourth-order valence-corrected chi connectivity index (χ4v) is 5.87. The Kier molecular flexibility index (Phi) is 20.8. The van der Waals surface area contributed by atoms with Crippen LogP contribution in [0.15, 0.2) is 84.1 Å². The Bertz CT molecular complexity index is 1940. The van der Waals surface area contributed by atoms with E-state index in [-0.39, 0.29) is 25.3 Å². The Balaban J connectivity index is 1.18. The van der Waals surface area contributed by atoms with Crippen LogP contribution in [-0.4, -0.2) is 114 Å². The molecule has 0 aliphatic heterocycles. The number of amides is 2. The number of hydrogen-bond acceptors (Lipinski definition) is 12. The van der Waals surface area contributed by atoms with E-state index in [9.17, 15) is 19.5 Å². The molecule has 3 aromatic carbocycles. The molecule has 4 aromatic rings. The zero-order chi connectivity index (χ0) is 41.9. The van der Waals surface area contributed by atoms with Crippen molar-refractivity contribution in [2.75, 3.05) is 91.5 Å². The molecule has 0 radical (unpaired) electrons. The van der Waals surface area contributed by atoms with Crippen LogP contribution in [0.5, 0.6) is 11.5 Å². The minimum atomic E-state index is -1.07. The number of hydrogen-bond donors (Lipinski definition) is 4. The summed E-state index contributed by atoms with van der Waals surface area (Å²) in [6, 6.07) is 21.9. The molecule has 2 amide bonds. The molecule has 0 saturated heterocycles. The second kappa shape index (κ2) is 26.9. The van der Waals surface area contributed by atoms with Crippen molar-refractivity contribution in [1.29, 1.82) is 0 Å². The van der Waals surface area contributed by atoms with Gasteiger partial charge >= 0.3 is 5.97 Å². The van der Waals surface area contributed by atoms with Crippen molar-refractivity contribution < 1.29 is 47.9 Å². The SMILES string of the molecule is COc1ccnc(NCCCCC(=O)NCC(=O)NC(CC(=O)O)c2ccc(-c3ccc(OCCOCCOCCOCCOCCN=[N+]=[N-])c4ccccc34)cc2)c1. The number of carboxylic acids is 1. The number of benzene rings is 3. The van der Waals surface area contributed by atoms with Crippen molar-refractivity contribution in [1.82, 2.24) is 15.6 Å². The molecule has 1 aromatic heterocycles. The largest absolute Gasteiger partial charge is 0.497 e. The highest BCUT2D eigenvalue weighted by molar-refractivity contribution is 6.00. The Labute approximate surface area is 343 Å². The van der Waals surface area contributed by atoms with Crippen molar-refractivity contribution in [3.63, 3.8) is 0 Å². The number of fused-ring (bicyclic) bond motifs is 1. The van der Waals surface area contributed by atoms with E-state index in [1.54, 1.807) is 37.6 Å². The van der Waals surface area contributed by atoms with Crippen LogP contribution in [0.2, 0.25) is 0 Å².